The highest BCUT2D eigenvalue weighted by Gasteiger charge is 1.10. The average molecular weight is 91.2 g/mol. The molecule has 0 radical (unpaired) electrons. The Labute approximate surface area is 34.4 Å². The highest BCUT2D eigenvalue weighted by molar-refractivity contribution is 6.02. The molecule has 0 saturated carbocycles. The predicted molar refractivity (Wildman–Crippen MR) is 27.1 cm³/mol. The molecule has 0 atom stereocenters. The van der Waals surface area contributed by atoms with Gasteiger partial charge in [-0.25, -0.2) is 0 Å². The van der Waals surface area contributed by atoms with E-state index in [9.17, 15) is 0 Å². The molecule has 0 aliphatic carbocycles. The first-order valence-corrected chi connectivity index (χ1v) is 2.35. The van der Waals surface area contributed by atoms with Crippen LogP contribution in [0.25, 0.3) is 0 Å². The Morgan fingerprint density at radius 1 is 1.60 bits per heavy atom. The van der Waals surface area contributed by atoms with Gasteiger partial charge in [-0.05, 0) is 0 Å². The van der Waals surface area contributed by atoms with Crippen molar-refractivity contribution in [1.82, 2.24) is 0 Å². The summed E-state index contributed by atoms with van der Waals surface area (Å²) in [6.07, 6.45) is 0.750. The normalized spacial score (nSPS) is 4.20. The Morgan fingerprint density at radius 2 is 1.60 bits per heavy atom. The van der Waals surface area contributed by atoms with Gasteiger partial charge in [0.2, 0.25) is 0 Å². The van der Waals surface area contributed by atoms with Gasteiger partial charge in [-0.3, -0.25) is 5.41 Å². The molecular weight excluding hydrogens is 82.1 g/mol. The number of nitrogens with one attached hydrogen (secondary N) is 1. The number of hydrogen-bond acceptors (Lipinski definition) is 2. The summed E-state index contributed by atoms with van der Waals surface area (Å²) in [5.41, 5.74) is 4.39. The maximum Gasteiger partial charge on any atom is 0.0765 e. The molecule has 0 heterocycles. The second-order valence-corrected chi connectivity index (χ2v) is 0.167. The van der Waals surface area contributed by atoms with Crippen LogP contribution in [-0.2, 0) is 0 Å². The molecule has 0 unspecified atom stereocenters. The van der Waals surface area contributed by atoms with Crippen molar-refractivity contribution < 1.29 is 0 Å². The molecule has 0 aliphatic rings. The van der Waals surface area contributed by atoms with Crippen molar-refractivity contribution in [2.75, 3.05) is 0 Å². The molecule has 0 aromatic carbocycles. The van der Waals surface area contributed by atoms with E-state index in [1.807, 2.05) is 0 Å². The van der Waals surface area contributed by atoms with Crippen molar-refractivity contribution in [2.24, 2.45) is 11.1 Å². The lowest BCUT2D eigenvalue weighted by Crippen LogP contribution is -1.81. The molecule has 5 heavy (non-hydrogen) atoms. The molecule has 5 N–H and O–H groups in total. The third kappa shape index (κ3) is 79.3. The molecule has 0 rings (SSSR count). The van der Waals surface area contributed by atoms with Crippen LogP contribution < -0.4 is 11.1 Å². The van der Waals surface area contributed by atoms with Crippen LogP contribution in [-0.4, -0.2) is 16.7 Å². The Morgan fingerprint density at radius 3 is 1.60 bits per heavy atom. The zero-order valence-corrected chi connectivity index (χ0v) is 5.23. The van der Waals surface area contributed by atoms with E-state index in [1.165, 1.54) is 0 Å². The van der Waals surface area contributed by atoms with Gasteiger partial charge >= 0.3 is 0 Å². The van der Waals surface area contributed by atoms with Crippen LogP contribution in [0, 0.1) is 5.41 Å². The van der Waals surface area contributed by atoms with Gasteiger partial charge in [0.15, 0.2) is 0 Å². The SMILES string of the molecule is N=CN.N[SiH3]. The minimum absolute atomic E-state index is 0.750. The van der Waals surface area contributed by atoms with Crippen molar-refractivity contribution in [3.8, 4) is 0 Å². The summed E-state index contributed by atoms with van der Waals surface area (Å²) >= 11 is 0. The molecule has 0 spiro atoms. The van der Waals surface area contributed by atoms with E-state index in [4.69, 9.17) is 5.41 Å². The van der Waals surface area contributed by atoms with E-state index in [2.05, 4.69) is 11.1 Å². The molecule has 0 aliphatic heterocycles. The second kappa shape index (κ2) is 61.1. The largest absolute Gasteiger partial charge is 0.390 e. The Bertz CT molecular complexity index is 14.4. The van der Waals surface area contributed by atoms with Crippen LogP contribution in [0.1, 0.15) is 0 Å². The Balaban J connectivity index is 0. The molecular formula is CH9N3Si. The predicted octanol–water partition coefficient (Wildman–Crippen LogP) is -2.22. The van der Waals surface area contributed by atoms with Crippen molar-refractivity contribution >= 4 is 16.7 Å². The topological polar surface area (TPSA) is 75.9 Å². The van der Waals surface area contributed by atoms with Crippen molar-refractivity contribution in [3.63, 3.8) is 0 Å². The van der Waals surface area contributed by atoms with Gasteiger partial charge in [0, 0.05) is 0 Å². The quantitative estimate of drug-likeness (QED) is 0.179. The lowest BCUT2D eigenvalue weighted by Gasteiger charge is -1.38. The minimum atomic E-state index is 0.750. The van der Waals surface area contributed by atoms with Crippen molar-refractivity contribution in [3.05, 3.63) is 0 Å². The van der Waals surface area contributed by atoms with Crippen LogP contribution in [0.4, 0.5) is 0 Å². The summed E-state index contributed by atoms with van der Waals surface area (Å²) in [4.78, 5) is 0. The van der Waals surface area contributed by atoms with Crippen molar-refractivity contribution in [1.29, 1.82) is 5.41 Å². The van der Waals surface area contributed by atoms with E-state index in [0.29, 0.717) is 0 Å². The van der Waals surface area contributed by atoms with Gasteiger partial charge in [0.05, 0.1) is 16.7 Å². The van der Waals surface area contributed by atoms with E-state index >= 15 is 0 Å². The van der Waals surface area contributed by atoms with Crippen LogP contribution in [0.3, 0.4) is 0 Å². The molecule has 0 saturated heterocycles. The lowest BCUT2D eigenvalue weighted by molar-refractivity contribution is 1.52. The van der Waals surface area contributed by atoms with Crippen LogP contribution in [0.15, 0.2) is 0 Å². The summed E-state index contributed by atoms with van der Waals surface area (Å²) < 4.78 is 0. The molecule has 32 valence electrons. The highest BCUT2D eigenvalue weighted by Crippen LogP contribution is 0.879. The van der Waals surface area contributed by atoms with Crippen LogP contribution >= 0.6 is 0 Å². The lowest BCUT2D eigenvalue weighted by atomic mass is 11.4. The van der Waals surface area contributed by atoms with Gasteiger partial charge in [-0.15, -0.1) is 0 Å². The summed E-state index contributed by atoms with van der Waals surface area (Å²) in [7, 11) is 0.806. The van der Waals surface area contributed by atoms with Crippen LogP contribution in [0.5, 0.6) is 0 Å². The summed E-state index contributed by atoms with van der Waals surface area (Å²) in [6.45, 7) is 0. The van der Waals surface area contributed by atoms with Crippen molar-refractivity contribution in [2.45, 2.75) is 0 Å². The fourth-order valence-corrected chi connectivity index (χ4v) is 0. The summed E-state index contributed by atoms with van der Waals surface area (Å²) in [5, 5.41) is 10.5. The van der Waals surface area contributed by atoms with Gasteiger partial charge in [0.1, 0.15) is 0 Å². The maximum absolute atomic E-state index is 5.86. The zero-order valence-electron chi connectivity index (χ0n) is 3.23. The molecule has 0 amide bonds. The number of hydrogen-bond donors (Lipinski definition) is 3. The highest BCUT2D eigenvalue weighted by atomic mass is 28.2. The number of nitrogens with two attached hydrogens (primary N) is 2. The minimum Gasteiger partial charge on any atom is -0.390 e. The van der Waals surface area contributed by atoms with Gasteiger partial charge in [0.25, 0.3) is 0 Å². The van der Waals surface area contributed by atoms with Gasteiger partial charge in [-0.2, -0.15) is 0 Å². The third-order valence-corrected chi connectivity index (χ3v) is 0. The average Bonchev–Trinajstić information content (AvgIpc) is 1.46. The Kier molecular flexibility index (Phi) is 108. The second-order valence-electron chi connectivity index (χ2n) is 0.167. The van der Waals surface area contributed by atoms with E-state index in [0.717, 1.165) is 16.7 Å². The Hall–Kier alpha value is -0.353. The fourth-order valence-electron chi connectivity index (χ4n) is 0. The smallest absolute Gasteiger partial charge is 0.0765 e. The zero-order chi connectivity index (χ0) is 4.71. The monoisotopic (exact) mass is 91.1 g/mol. The fraction of sp³-hybridized carbons (Fsp3) is 0. The van der Waals surface area contributed by atoms with E-state index in [-0.39, 0.29) is 0 Å². The molecule has 3 nitrogen and oxygen atoms in total. The molecule has 0 aromatic heterocycles. The van der Waals surface area contributed by atoms with Gasteiger partial charge < -0.3 is 11.1 Å². The molecule has 4 heteroatoms. The first kappa shape index (κ1) is 8.82. The van der Waals surface area contributed by atoms with Gasteiger partial charge in [-0.1, -0.05) is 0 Å². The first-order chi connectivity index (χ1) is 2.41. The third-order valence-electron chi connectivity index (χ3n) is 0. The maximum atomic E-state index is 5.86. The first-order valence-electron chi connectivity index (χ1n) is 1.20. The summed E-state index contributed by atoms with van der Waals surface area (Å²) in [6, 6.07) is 0. The molecule has 0 fully saturated rings. The molecule has 0 bridgehead atoms. The van der Waals surface area contributed by atoms with E-state index in [1.54, 1.807) is 0 Å². The standard InChI is InChI=1S/CH4N2.H5NSi/c2-1-3;1-2/h1H,(H3,2,3);1H2,2H3. The molecule has 0 aromatic rings. The van der Waals surface area contributed by atoms with E-state index < -0.39 is 0 Å². The number of rotatable bonds is 0. The van der Waals surface area contributed by atoms with Crippen LogP contribution in [0.2, 0.25) is 0 Å². The summed E-state index contributed by atoms with van der Waals surface area (Å²) in [5.74, 6) is 0.